The highest BCUT2D eigenvalue weighted by atomic mass is 32.2. The van der Waals surface area contributed by atoms with Gasteiger partial charge in [0.25, 0.3) is 0 Å². The topological polar surface area (TPSA) is 83.5 Å². The fourth-order valence-electron chi connectivity index (χ4n) is 1.35. The molecule has 0 aliphatic carbocycles. The molecule has 6 heteroatoms. The minimum absolute atomic E-state index is 0.0176. The normalized spacial score (nSPS) is 11.2. The number of carboxylic acids is 1. The Kier molecular flexibility index (Phi) is 4.11. The van der Waals surface area contributed by atoms with Gasteiger partial charge in [0.1, 0.15) is 0 Å². The van der Waals surface area contributed by atoms with Crippen molar-refractivity contribution in [3.63, 3.8) is 0 Å². The number of carbonyl (C=O) groups is 1. The van der Waals surface area contributed by atoms with Crippen molar-refractivity contribution in [3.8, 4) is 0 Å². The van der Waals surface area contributed by atoms with E-state index in [-0.39, 0.29) is 11.3 Å². The van der Waals surface area contributed by atoms with Gasteiger partial charge in [0.2, 0.25) is 10.0 Å². The number of carboxylic acid groups (broad SMARTS) is 1. The van der Waals surface area contributed by atoms with Crippen LogP contribution < -0.4 is 4.72 Å². The highest BCUT2D eigenvalue weighted by Crippen LogP contribution is 2.18. The smallest absolute Gasteiger partial charge is 0.335 e. The molecule has 17 heavy (non-hydrogen) atoms. The predicted octanol–water partition coefficient (Wildman–Crippen LogP) is 1.84. The van der Waals surface area contributed by atoms with Crippen molar-refractivity contribution in [1.82, 2.24) is 0 Å². The number of sulfonamides is 1. The molecule has 0 saturated carbocycles. The number of hydrogen-bond donors (Lipinski definition) is 2. The molecule has 0 amide bonds. The summed E-state index contributed by atoms with van der Waals surface area (Å²) in [6.45, 7) is 3.48. The lowest BCUT2D eigenvalue weighted by molar-refractivity contribution is 0.0697. The molecular weight excluding hydrogens is 242 g/mol. The number of aryl methyl sites for hydroxylation is 1. The summed E-state index contributed by atoms with van der Waals surface area (Å²) >= 11 is 0. The van der Waals surface area contributed by atoms with Crippen LogP contribution in [0.1, 0.15) is 29.3 Å². The van der Waals surface area contributed by atoms with Crippen molar-refractivity contribution in [2.24, 2.45) is 0 Å². The third-order valence-electron chi connectivity index (χ3n) is 2.22. The van der Waals surface area contributed by atoms with Gasteiger partial charge in [0, 0.05) is 0 Å². The Labute approximate surface area is 101 Å². The standard InChI is InChI=1S/C11H15NO4S/c1-3-6-17(15,16)12-10-7-9(11(13)14)5-4-8(10)2/h4-5,7,12H,3,6H2,1-2H3,(H,13,14). The van der Waals surface area contributed by atoms with Crippen LogP contribution in [0.3, 0.4) is 0 Å². The van der Waals surface area contributed by atoms with Gasteiger partial charge < -0.3 is 5.11 Å². The van der Waals surface area contributed by atoms with Crippen LogP contribution in [0.5, 0.6) is 0 Å². The maximum absolute atomic E-state index is 11.6. The average Bonchev–Trinajstić information content (AvgIpc) is 2.20. The van der Waals surface area contributed by atoms with Crippen LogP contribution in [0.4, 0.5) is 5.69 Å². The summed E-state index contributed by atoms with van der Waals surface area (Å²) in [7, 11) is -3.39. The van der Waals surface area contributed by atoms with E-state index >= 15 is 0 Å². The van der Waals surface area contributed by atoms with E-state index in [1.165, 1.54) is 12.1 Å². The zero-order chi connectivity index (χ0) is 13.1. The van der Waals surface area contributed by atoms with E-state index in [2.05, 4.69) is 4.72 Å². The van der Waals surface area contributed by atoms with Gasteiger partial charge in [-0.05, 0) is 31.0 Å². The molecule has 0 aliphatic heterocycles. The number of benzene rings is 1. The van der Waals surface area contributed by atoms with E-state index in [0.29, 0.717) is 17.7 Å². The van der Waals surface area contributed by atoms with Crippen LogP contribution in [0.2, 0.25) is 0 Å². The van der Waals surface area contributed by atoms with Gasteiger partial charge in [-0.3, -0.25) is 4.72 Å². The molecule has 0 radical (unpaired) electrons. The first-order valence-corrected chi connectivity index (χ1v) is 6.85. The Morgan fingerprint density at radius 1 is 1.41 bits per heavy atom. The molecule has 0 saturated heterocycles. The molecule has 0 aliphatic rings. The molecule has 1 rings (SSSR count). The van der Waals surface area contributed by atoms with Gasteiger partial charge in [-0.1, -0.05) is 13.0 Å². The highest BCUT2D eigenvalue weighted by Gasteiger charge is 2.12. The van der Waals surface area contributed by atoms with Gasteiger partial charge in [0.05, 0.1) is 17.0 Å². The van der Waals surface area contributed by atoms with E-state index in [1.54, 1.807) is 19.9 Å². The zero-order valence-electron chi connectivity index (χ0n) is 9.73. The van der Waals surface area contributed by atoms with Crippen molar-refractivity contribution >= 4 is 21.7 Å². The van der Waals surface area contributed by atoms with Crippen LogP contribution in [0.15, 0.2) is 18.2 Å². The summed E-state index contributed by atoms with van der Waals surface area (Å²) in [5, 5.41) is 8.82. The summed E-state index contributed by atoms with van der Waals surface area (Å²) in [6.07, 6.45) is 0.507. The first-order valence-electron chi connectivity index (χ1n) is 5.20. The summed E-state index contributed by atoms with van der Waals surface area (Å²) < 4.78 is 25.5. The van der Waals surface area contributed by atoms with Crippen molar-refractivity contribution in [2.45, 2.75) is 20.3 Å². The highest BCUT2D eigenvalue weighted by molar-refractivity contribution is 7.92. The molecule has 0 spiro atoms. The second-order valence-electron chi connectivity index (χ2n) is 3.76. The molecule has 0 bridgehead atoms. The second kappa shape index (κ2) is 5.18. The van der Waals surface area contributed by atoms with Gasteiger partial charge in [0.15, 0.2) is 0 Å². The van der Waals surface area contributed by atoms with Gasteiger partial charge in [-0.25, -0.2) is 13.2 Å². The molecule has 1 aromatic rings. The summed E-state index contributed by atoms with van der Waals surface area (Å²) in [5.41, 5.74) is 1.07. The van der Waals surface area contributed by atoms with Crippen LogP contribution >= 0.6 is 0 Å². The number of anilines is 1. The molecule has 0 fully saturated rings. The second-order valence-corrected chi connectivity index (χ2v) is 5.60. The molecule has 0 unspecified atom stereocenters. The molecule has 94 valence electrons. The van der Waals surface area contributed by atoms with Crippen molar-refractivity contribution in [1.29, 1.82) is 0 Å². The predicted molar refractivity (Wildman–Crippen MR) is 65.8 cm³/mol. The summed E-state index contributed by atoms with van der Waals surface area (Å²) in [5.74, 6) is -1.06. The molecule has 0 aromatic heterocycles. The Morgan fingerprint density at radius 2 is 2.06 bits per heavy atom. The SMILES string of the molecule is CCCS(=O)(=O)Nc1cc(C(=O)O)ccc1C. The van der Waals surface area contributed by atoms with E-state index < -0.39 is 16.0 Å². The van der Waals surface area contributed by atoms with Crippen LogP contribution in [0.25, 0.3) is 0 Å². The maximum Gasteiger partial charge on any atom is 0.335 e. The third kappa shape index (κ3) is 3.74. The molecule has 1 aromatic carbocycles. The molecular formula is C11H15NO4S. The van der Waals surface area contributed by atoms with Gasteiger partial charge in [-0.2, -0.15) is 0 Å². The van der Waals surface area contributed by atoms with Crippen molar-refractivity contribution in [3.05, 3.63) is 29.3 Å². The number of nitrogens with one attached hydrogen (secondary N) is 1. The largest absolute Gasteiger partial charge is 0.478 e. The van der Waals surface area contributed by atoms with Crippen molar-refractivity contribution < 1.29 is 18.3 Å². The summed E-state index contributed by atoms with van der Waals surface area (Å²) in [6, 6.07) is 4.34. The van der Waals surface area contributed by atoms with Crippen molar-refractivity contribution in [2.75, 3.05) is 10.5 Å². The fourth-order valence-corrected chi connectivity index (χ4v) is 2.55. The minimum Gasteiger partial charge on any atom is -0.478 e. The Hall–Kier alpha value is -1.56. The number of rotatable bonds is 5. The van der Waals surface area contributed by atoms with Crippen LogP contribution in [-0.2, 0) is 10.0 Å². The van der Waals surface area contributed by atoms with E-state index in [9.17, 15) is 13.2 Å². The fraction of sp³-hybridized carbons (Fsp3) is 0.364. The van der Waals surface area contributed by atoms with Crippen LogP contribution in [0, 0.1) is 6.92 Å². The number of hydrogen-bond acceptors (Lipinski definition) is 3. The van der Waals surface area contributed by atoms with E-state index in [4.69, 9.17) is 5.11 Å². The average molecular weight is 257 g/mol. The van der Waals surface area contributed by atoms with E-state index in [0.717, 1.165) is 0 Å². The zero-order valence-corrected chi connectivity index (χ0v) is 10.5. The third-order valence-corrected chi connectivity index (χ3v) is 3.70. The first kappa shape index (κ1) is 13.5. The lowest BCUT2D eigenvalue weighted by Crippen LogP contribution is -2.17. The van der Waals surface area contributed by atoms with Gasteiger partial charge >= 0.3 is 5.97 Å². The lowest BCUT2D eigenvalue weighted by atomic mass is 10.1. The first-order chi connectivity index (χ1) is 7.85. The molecule has 2 N–H and O–H groups in total. The monoisotopic (exact) mass is 257 g/mol. The lowest BCUT2D eigenvalue weighted by Gasteiger charge is -2.10. The number of aromatic carboxylic acids is 1. The van der Waals surface area contributed by atoms with Gasteiger partial charge in [-0.15, -0.1) is 0 Å². The Bertz CT molecular complexity index is 522. The molecule has 0 atom stereocenters. The Balaban J connectivity index is 3.06. The maximum atomic E-state index is 11.6. The molecule has 0 heterocycles. The quantitative estimate of drug-likeness (QED) is 0.843. The van der Waals surface area contributed by atoms with Crippen LogP contribution in [-0.4, -0.2) is 25.2 Å². The Morgan fingerprint density at radius 3 is 2.59 bits per heavy atom. The summed E-state index contributed by atoms with van der Waals surface area (Å²) in [4.78, 5) is 10.8. The molecule has 5 nitrogen and oxygen atoms in total. The van der Waals surface area contributed by atoms with E-state index in [1.807, 2.05) is 0 Å². The minimum atomic E-state index is -3.39.